The molecule has 5 rings (SSSR count). The van der Waals surface area contributed by atoms with Gasteiger partial charge >= 0.3 is 11.4 Å². The maximum atomic E-state index is 14.5. The third-order valence-corrected chi connectivity index (χ3v) is 23.2. The molecule has 0 radical (unpaired) electrons. The first kappa shape index (κ1) is 49.4. The minimum absolute atomic E-state index is 0.0258. The van der Waals surface area contributed by atoms with Crippen molar-refractivity contribution in [1.29, 1.82) is 0 Å². The molecule has 5 heterocycles. The number of hydrogen-bond acceptors (Lipinski definition) is 14. The van der Waals surface area contributed by atoms with Crippen molar-refractivity contribution in [1.82, 2.24) is 18.3 Å². The molecule has 2 aromatic heterocycles. The van der Waals surface area contributed by atoms with Gasteiger partial charge in [-0.2, -0.15) is 8.42 Å². The molecular weight excluding hydrogens is 861 g/mol. The lowest BCUT2D eigenvalue weighted by atomic mass is 9.89. The fourth-order valence-corrected chi connectivity index (χ4v) is 11.0. The zero-order chi connectivity index (χ0) is 46.5. The predicted octanol–water partition coefficient (Wildman–Crippen LogP) is 3.99. The Kier molecular flexibility index (Phi) is 14.1. The van der Waals surface area contributed by atoms with Gasteiger partial charge in [-0.25, -0.2) is 13.8 Å². The van der Waals surface area contributed by atoms with Crippen LogP contribution in [0.2, 0.25) is 36.3 Å². The predicted molar refractivity (Wildman–Crippen MR) is 236 cm³/mol. The monoisotopic (exact) mass is 924 g/mol. The van der Waals surface area contributed by atoms with Gasteiger partial charge in [-0.3, -0.25) is 27.9 Å². The molecule has 0 bridgehead atoms. The fourth-order valence-electron chi connectivity index (χ4n) is 7.47. The molecule has 3 N–H and O–H groups in total. The average Bonchev–Trinajstić information content (AvgIpc) is 3.78. The van der Waals surface area contributed by atoms with Crippen molar-refractivity contribution < 1.29 is 36.0 Å². The standard InChI is InChI=1S/C39H64N8O12SSi2/c1-24-19-46(30-18-26(42-43-41)27(21-48)56-30)35(51)44(32(24)49)16-14-13-15-17-45-33(50)25(2)20-47(36(45)52)34-31(58-62(11,12)38(6,7)8)39(28(40)23-60(53,54)59-39)29(57-34)22-55-61(9,10)37(3,4)5/h19-20,23,26-27,29-31,34,48H,13-18,21-22,40H2,1-12H3. The number of aliphatic hydroxyl groups excluding tert-OH is 1. The van der Waals surface area contributed by atoms with Crippen molar-refractivity contribution in [3.63, 3.8) is 0 Å². The third-order valence-electron chi connectivity index (χ3n) is 13.2. The van der Waals surface area contributed by atoms with E-state index >= 15 is 0 Å². The van der Waals surface area contributed by atoms with Crippen LogP contribution in [0.25, 0.3) is 10.4 Å². The van der Waals surface area contributed by atoms with Crippen LogP contribution in [0, 0.1) is 13.8 Å². The summed E-state index contributed by atoms with van der Waals surface area (Å²) >= 11 is 0. The summed E-state index contributed by atoms with van der Waals surface area (Å²) < 4.78 is 63.2. The molecule has 0 aromatic carbocycles. The molecule has 23 heteroatoms. The molecule has 3 aliphatic rings. The van der Waals surface area contributed by atoms with Crippen LogP contribution in [0.5, 0.6) is 0 Å². The minimum atomic E-state index is -4.32. The van der Waals surface area contributed by atoms with E-state index in [0.29, 0.717) is 19.3 Å². The maximum Gasteiger partial charge on any atom is 0.333 e. The summed E-state index contributed by atoms with van der Waals surface area (Å²) in [7, 11) is -9.60. The van der Waals surface area contributed by atoms with E-state index in [9.17, 15) is 32.7 Å². The minimum Gasteiger partial charge on any atom is -0.414 e. The SMILES string of the molecule is Cc1cn(C2CC(N=[N+]=[N-])C(CO)O2)c(=O)n(CCCCCn2c(=O)c(C)cn(C3OC(CO[Si](C)(C)C(C)(C)C)C4(OS(=O)(=O)C=C4N)C3O[Si](C)(C)C(C)(C)C)c2=O)c1=O. The van der Waals surface area contributed by atoms with Crippen molar-refractivity contribution in [2.24, 2.45) is 10.8 Å². The van der Waals surface area contributed by atoms with Crippen LogP contribution in [0.15, 0.2) is 47.8 Å². The Balaban J connectivity index is 1.45. The van der Waals surface area contributed by atoms with Crippen LogP contribution >= 0.6 is 0 Å². The van der Waals surface area contributed by atoms with Gasteiger partial charge in [-0.05, 0) is 74.9 Å². The molecule has 346 valence electrons. The van der Waals surface area contributed by atoms with Crippen LogP contribution in [-0.4, -0.2) is 91.6 Å². The van der Waals surface area contributed by atoms with Crippen LogP contribution in [0.4, 0.5) is 0 Å². The van der Waals surface area contributed by atoms with Gasteiger partial charge < -0.3 is 29.2 Å². The van der Waals surface area contributed by atoms with Gasteiger partial charge in [-0.15, -0.1) is 0 Å². The first-order valence-electron chi connectivity index (χ1n) is 20.9. The number of aliphatic hydroxyl groups is 1. The van der Waals surface area contributed by atoms with Crippen LogP contribution in [0.3, 0.4) is 0 Å². The van der Waals surface area contributed by atoms with Crippen molar-refractivity contribution in [2.45, 2.75) is 173 Å². The lowest BCUT2D eigenvalue weighted by Gasteiger charge is -2.43. The summed E-state index contributed by atoms with van der Waals surface area (Å²) in [6.07, 6.45) is -1.43. The number of hydrogen-bond donors (Lipinski definition) is 2. The highest BCUT2D eigenvalue weighted by molar-refractivity contribution is 7.90. The summed E-state index contributed by atoms with van der Waals surface area (Å²) in [6.45, 7) is 22.9. The molecular formula is C39H64N8O12SSi2. The molecule has 2 aromatic rings. The fraction of sp³-hybridized carbons (Fsp3) is 0.744. The van der Waals surface area contributed by atoms with Crippen LogP contribution in [-0.2, 0) is 45.7 Å². The number of aromatic nitrogens is 4. The van der Waals surface area contributed by atoms with E-state index in [1.165, 1.54) is 21.5 Å². The largest absolute Gasteiger partial charge is 0.414 e. The molecule has 20 nitrogen and oxygen atoms in total. The van der Waals surface area contributed by atoms with E-state index in [1.807, 2.05) is 47.0 Å². The van der Waals surface area contributed by atoms with Gasteiger partial charge in [0.1, 0.15) is 18.4 Å². The zero-order valence-electron chi connectivity index (χ0n) is 37.9. The van der Waals surface area contributed by atoms with E-state index in [1.54, 1.807) is 13.8 Å². The Bertz CT molecular complexity index is 2460. The quantitative estimate of drug-likeness (QED) is 0.0640. The van der Waals surface area contributed by atoms with Crippen LogP contribution in [0.1, 0.15) is 90.8 Å². The van der Waals surface area contributed by atoms with E-state index in [2.05, 4.69) is 30.8 Å². The van der Waals surface area contributed by atoms with Gasteiger partial charge in [0.15, 0.2) is 28.5 Å². The summed E-state index contributed by atoms with van der Waals surface area (Å²) in [5.41, 5.74) is 11.6. The van der Waals surface area contributed by atoms with E-state index in [4.69, 9.17) is 33.8 Å². The molecule has 3 aliphatic heterocycles. The Morgan fingerprint density at radius 1 is 0.903 bits per heavy atom. The molecule has 0 saturated carbocycles. The van der Waals surface area contributed by atoms with E-state index < -0.39 is 98.3 Å². The van der Waals surface area contributed by atoms with E-state index in [-0.39, 0.29) is 53.0 Å². The van der Waals surface area contributed by atoms with Gasteiger partial charge in [-0.1, -0.05) is 46.7 Å². The molecule has 2 saturated heterocycles. The first-order chi connectivity index (χ1) is 28.5. The van der Waals surface area contributed by atoms with Gasteiger partial charge in [0.05, 0.1) is 36.5 Å². The second kappa shape index (κ2) is 17.7. The summed E-state index contributed by atoms with van der Waals surface area (Å²) in [5.74, 6) is 0. The molecule has 7 atom stereocenters. The number of nitrogens with two attached hydrogens (primary N) is 1. The lowest BCUT2D eigenvalue weighted by Crippen LogP contribution is -2.59. The van der Waals surface area contributed by atoms with Crippen molar-refractivity contribution >= 4 is 26.8 Å². The Labute approximate surface area is 363 Å². The third kappa shape index (κ3) is 9.42. The molecule has 0 amide bonds. The number of azide groups is 1. The number of nitrogens with zero attached hydrogens (tertiary/aromatic N) is 7. The molecule has 1 spiro atoms. The van der Waals surface area contributed by atoms with Gasteiger partial charge in [0, 0.05) is 47.9 Å². The Morgan fingerprint density at radius 2 is 1.44 bits per heavy atom. The number of unbranched alkanes of at least 4 members (excludes halogenated alkanes) is 2. The second-order valence-electron chi connectivity index (χ2n) is 19.6. The highest BCUT2D eigenvalue weighted by Gasteiger charge is 2.67. The molecule has 2 fully saturated rings. The van der Waals surface area contributed by atoms with Crippen molar-refractivity contribution in [3.8, 4) is 0 Å². The summed E-state index contributed by atoms with van der Waals surface area (Å²) in [4.78, 5) is 57.6. The normalized spacial score (nSPS) is 26.6. The number of rotatable bonds is 15. The molecule has 7 unspecified atom stereocenters. The topological polar surface area (TPSA) is 263 Å². The highest BCUT2D eigenvalue weighted by atomic mass is 32.2. The second-order valence-corrected chi connectivity index (χ2v) is 30.6. The van der Waals surface area contributed by atoms with Crippen LogP contribution < -0.4 is 28.2 Å². The summed E-state index contributed by atoms with van der Waals surface area (Å²) in [5, 5.41) is 13.6. The van der Waals surface area contributed by atoms with Crippen molar-refractivity contribution in [2.75, 3.05) is 13.2 Å². The smallest absolute Gasteiger partial charge is 0.333 e. The Morgan fingerprint density at radius 3 is 1.92 bits per heavy atom. The number of aryl methyl sites for hydroxylation is 2. The highest BCUT2D eigenvalue weighted by Crippen LogP contribution is 2.52. The molecule has 0 aliphatic carbocycles. The first-order valence-corrected chi connectivity index (χ1v) is 28.2. The zero-order valence-corrected chi connectivity index (χ0v) is 40.7. The average molecular weight is 925 g/mol. The maximum absolute atomic E-state index is 14.5. The number of ether oxygens (including phenoxy) is 2. The summed E-state index contributed by atoms with van der Waals surface area (Å²) in [6, 6.07) is -0.695. The molecule has 62 heavy (non-hydrogen) atoms. The van der Waals surface area contributed by atoms with Crippen molar-refractivity contribution in [3.05, 3.63) is 86.7 Å². The van der Waals surface area contributed by atoms with Gasteiger partial charge in [0.2, 0.25) is 0 Å². The van der Waals surface area contributed by atoms with E-state index in [0.717, 1.165) is 14.5 Å². The lowest BCUT2D eigenvalue weighted by molar-refractivity contribution is -0.0567. The Hall–Kier alpha value is -3.65. The van der Waals surface area contributed by atoms with Gasteiger partial charge in [0.25, 0.3) is 21.2 Å².